The molecule has 0 saturated heterocycles. The maximum Gasteiger partial charge on any atom is 0.243 e. The van der Waals surface area contributed by atoms with Gasteiger partial charge in [0.15, 0.2) is 9.84 Å². The van der Waals surface area contributed by atoms with Crippen LogP contribution < -0.4 is 10.6 Å². The number of benzene rings is 3. The Bertz CT molecular complexity index is 1110. The summed E-state index contributed by atoms with van der Waals surface area (Å²) in [6.45, 7) is 0.0952. The Morgan fingerprint density at radius 3 is 2.34 bits per heavy atom. The largest absolute Gasteiger partial charge is 0.376 e. The van der Waals surface area contributed by atoms with Gasteiger partial charge in [0.05, 0.1) is 16.7 Å². The minimum atomic E-state index is -3.26. The Balaban J connectivity index is 1.38. The maximum atomic E-state index is 12.6. The number of nitrogens with one attached hydrogen (secondary N) is 2. The van der Waals surface area contributed by atoms with E-state index < -0.39 is 9.84 Å². The van der Waals surface area contributed by atoms with Crippen LogP contribution in [0.2, 0.25) is 0 Å². The third-order valence-corrected chi connectivity index (χ3v) is 7.72. The fourth-order valence-corrected chi connectivity index (χ4v) is 5.72. The van der Waals surface area contributed by atoms with Gasteiger partial charge in [-0.2, -0.15) is 0 Å². The van der Waals surface area contributed by atoms with Crippen molar-refractivity contribution >= 4 is 37.9 Å². The molecule has 0 heterocycles. The van der Waals surface area contributed by atoms with Gasteiger partial charge in [-0.25, -0.2) is 8.42 Å². The quantitative estimate of drug-likeness (QED) is 0.625. The first-order valence-corrected chi connectivity index (χ1v) is 11.4. The molecule has 29 heavy (non-hydrogen) atoms. The summed E-state index contributed by atoms with van der Waals surface area (Å²) < 4.78 is 25.3. The standard InChI is InChI=1S/C23H24N2O3S/c26-23(25-22-11-5-7-17-6-1-4-10-21(17)22)16-24-18-12-14-20(15-13-18)29(27,28)19-8-2-3-9-19/h1,4-7,10-15,19,24H,2-3,8-9,16H2,(H,25,26). The maximum absolute atomic E-state index is 12.6. The molecule has 0 atom stereocenters. The van der Waals surface area contributed by atoms with Gasteiger partial charge in [0, 0.05) is 16.8 Å². The van der Waals surface area contributed by atoms with Crippen molar-refractivity contribution in [3.63, 3.8) is 0 Å². The number of sulfone groups is 1. The minimum Gasteiger partial charge on any atom is -0.376 e. The molecule has 0 bridgehead atoms. The van der Waals surface area contributed by atoms with Gasteiger partial charge in [-0.1, -0.05) is 49.2 Å². The van der Waals surface area contributed by atoms with Crippen LogP contribution in [0, 0.1) is 0 Å². The lowest BCUT2D eigenvalue weighted by molar-refractivity contribution is -0.114. The summed E-state index contributed by atoms with van der Waals surface area (Å²) in [6.07, 6.45) is 3.46. The van der Waals surface area contributed by atoms with E-state index in [1.165, 1.54) is 0 Å². The zero-order valence-electron chi connectivity index (χ0n) is 16.1. The highest BCUT2D eigenvalue weighted by Gasteiger charge is 2.30. The number of hydrogen-bond donors (Lipinski definition) is 2. The van der Waals surface area contributed by atoms with Crippen molar-refractivity contribution in [1.29, 1.82) is 0 Å². The smallest absolute Gasteiger partial charge is 0.243 e. The first kappa shape index (κ1) is 19.5. The Kier molecular flexibility index (Phi) is 5.53. The number of anilines is 2. The highest BCUT2D eigenvalue weighted by Crippen LogP contribution is 2.30. The monoisotopic (exact) mass is 408 g/mol. The Morgan fingerprint density at radius 1 is 0.897 bits per heavy atom. The van der Waals surface area contributed by atoms with E-state index in [0.717, 1.165) is 42.1 Å². The SMILES string of the molecule is O=C(CNc1ccc(S(=O)(=O)C2CCCC2)cc1)Nc1cccc2ccccc12. The third-order valence-electron chi connectivity index (χ3n) is 5.44. The van der Waals surface area contributed by atoms with Crippen LogP contribution in [0.5, 0.6) is 0 Å². The normalized spacial score (nSPS) is 14.8. The molecule has 2 N–H and O–H groups in total. The van der Waals surface area contributed by atoms with Crippen LogP contribution in [0.3, 0.4) is 0 Å². The molecule has 6 heteroatoms. The number of hydrogen-bond acceptors (Lipinski definition) is 4. The number of carbonyl (C=O) groups excluding carboxylic acids is 1. The number of carbonyl (C=O) groups is 1. The van der Waals surface area contributed by atoms with Crippen LogP contribution in [-0.4, -0.2) is 26.1 Å². The van der Waals surface area contributed by atoms with E-state index in [9.17, 15) is 13.2 Å². The van der Waals surface area contributed by atoms with Crippen LogP contribution in [-0.2, 0) is 14.6 Å². The van der Waals surface area contributed by atoms with E-state index in [-0.39, 0.29) is 17.7 Å². The van der Waals surface area contributed by atoms with Crippen molar-refractivity contribution in [2.24, 2.45) is 0 Å². The molecule has 1 fully saturated rings. The lowest BCUT2D eigenvalue weighted by atomic mass is 10.1. The number of fused-ring (bicyclic) bond motifs is 1. The molecule has 0 aromatic heterocycles. The molecule has 1 saturated carbocycles. The average Bonchev–Trinajstić information content (AvgIpc) is 3.29. The van der Waals surface area contributed by atoms with Gasteiger partial charge in [0.25, 0.3) is 0 Å². The fourth-order valence-electron chi connectivity index (χ4n) is 3.86. The summed E-state index contributed by atoms with van der Waals surface area (Å²) >= 11 is 0. The highest BCUT2D eigenvalue weighted by molar-refractivity contribution is 7.92. The van der Waals surface area contributed by atoms with E-state index in [1.54, 1.807) is 24.3 Å². The van der Waals surface area contributed by atoms with Crippen molar-refractivity contribution < 1.29 is 13.2 Å². The van der Waals surface area contributed by atoms with Crippen molar-refractivity contribution in [3.8, 4) is 0 Å². The van der Waals surface area contributed by atoms with E-state index in [1.807, 2.05) is 42.5 Å². The molecule has 0 radical (unpaired) electrons. The molecule has 5 nitrogen and oxygen atoms in total. The van der Waals surface area contributed by atoms with Crippen LogP contribution in [0.1, 0.15) is 25.7 Å². The zero-order valence-corrected chi connectivity index (χ0v) is 16.9. The summed E-state index contributed by atoms with van der Waals surface area (Å²) in [7, 11) is -3.26. The summed E-state index contributed by atoms with van der Waals surface area (Å²) in [4.78, 5) is 12.7. The van der Waals surface area contributed by atoms with Crippen molar-refractivity contribution in [1.82, 2.24) is 0 Å². The molecule has 1 aliphatic rings. The Hall–Kier alpha value is -2.86. The van der Waals surface area contributed by atoms with Gasteiger partial charge in [0.1, 0.15) is 0 Å². The lowest BCUT2D eigenvalue weighted by Crippen LogP contribution is -2.22. The van der Waals surface area contributed by atoms with Gasteiger partial charge in [-0.3, -0.25) is 4.79 Å². The van der Waals surface area contributed by atoms with E-state index in [4.69, 9.17) is 0 Å². The summed E-state index contributed by atoms with van der Waals surface area (Å²) in [5, 5.41) is 7.79. The number of rotatable bonds is 6. The van der Waals surface area contributed by atoms with Gasteiger partial charge in [-0.05, 0) is 48.6 Å². The average molecular weight is 409 g/mol. The molecule has 0 aliphatic heterocycles. The zero-order chi connectivity index (χ0) is 20.3. The van der Waals surface area contributed by atoms with Gasteiger partial charge >= 0.3 is 0 Å². The van der Waals surface area contributed by atoms with E-state index >= 15 is 0 Å². The van der Waals surface area contributed by atoms with E-state index in [0.29, 0.717) is 10.6 Å². The molecular formula is C23H24N2O3S. The molecule has 0 spiro atoms. The molecular weight excluding hydrogens is 384 g/mol. The van der Waals surface area contributed by atoms with Crippen molar-refractivity contribution in [2.45, 2.75) is 35.8 Å². The molecule has 3 aromatic carbocycles. The molecule has 150 valence electrons. The van der Waals surface area contributed by atoms with Crippen molar-refractivity contribution in [3.05, 3.63) is 66.7 Å². The van der Waals surface area contributed by atoms with Crippen molar-refractivity contribution in [2.75, 3.05) is 17.2 Å². The first-order valence-electron chi connectivity index (χ1n) is 9.89. The fraction of sp³-hybridized carbons (Fsp3) is 0.261. The predicted octanol–water partition coefficient (Wildman–Crippen LogP) is 4.61. The Labute approximate surface area is 171 Å². The van der Waals surface area contributed by atoms with Gasteiger partial charge in [0.2, 0.25) is 5.91 Å². The van der Waals surface area contributed by atoms with Gasteiger partial charge in [-0.15, -0.1) is 0 Å². The molecule has 3 aromatic rings. The topological polar surface area (TPSA) is 75.3 Å². The third kappa shape index (κ3) is 4.27. The first-order chi connectivity index (χ1) is 14.0. The predicted molar refractivity (Wildman–Crippen MR) is 117 cm³/mol. The second kappa shape index (κ2) is 8.25. The van der Waals surface area contributed by atoms with E-state index in [2.05, 4.69) is 10.6 Å². The minimum absolute atomic E-state index is 0.0952. The number of amides is 1. The lowest BCUT2D eigenvalue weighted by Gasteiger charge is -2.13. The summed E-state index contributed by atoms with van der Waals surface area (Å²) in [5.74, 6) is -0.163. The summed E-state index contributed by atoms with van der Waals surface area (Å²) in [6, 6.07) is 20.4. The van der Waals surface area contributed by atoms with Crippen LogP contribution >= 0.6 is 0 Å². The van der Waals surface area contributed by atoms with Crippen LogP contribution in [0.25, 0.3) is 10.8 Å². The van der Waals surface area contributed by atoms with Crippen LogP contribution in [0.4, 0.5) is 11.4 Å². The Morgan fingerprint density at radius 2 is 1.59 bits per heavy atom. The molecule has 1 amide bonds. The summed E-state index contributed by atoms with van der Waals surface area (Å²) in [5.41, 5.74) is 1.48. The molecule has 0 unspecified atom stereocenters. The highest BCUT2D eigenvalue weighted by atomic mass is 32.2. The molecule has 4 rings (SSSR count). The second-order valence-corrected chi connectivity index (χ2v) is 9.63. The van der Waals surface area contributed by atoms with Crippen LogP contribution in [0.15, 0.2) is 71.6 Å². The second-order valence-electron chi connectivity index (χ2n) is 7.40. The van der Waals surface area contributed by atoms with Gasteiger partial charge < -0.3 is 10.6 Å². The molecule has 1 aliphatic carbocycles.